The van der Waals surface area contributed by atoms with Gasteiger partial charge in [0.05, 0.1) is 28.6 Å². The first kappa shape index (κ1) is 13.1. The number of hydrogen-bond donors (Lipinski definition) is 0. The van der Waals surface area contributed by atoms with Crippen molar-refractivity contribution in [2.75, 3.05) is 19.7 Å². The zero-order chi connectivity index (χ0) is 12.4. The van der Waals surface area contributed by atoms with Gasteiger partial charge >= 0.3 is 0 Å². The second-order valence-corrected chi connectivity index (χ2v) is 5.40. The molecule has 0 N–H and O–H groups in total. The van der Waals surface area contributed by atoms with Gasteiger partial charge in [-0.25, -0.2) is 0 Å². The summed E-state index contributed by atoms with van der Waals surface area (Å²) in [5, 5.41) is 4.43. The lowest BCUT2D eigenvalue weighted by molar-refractivity contribution is -0.0331. The van der Waals surface area contributed by atoms with Crippen LogP contribution in [0.1, 0.15) is 24.7 Å². The van der Waals surface area contributed by atoms with Gasteiger partial charge in [-0.3, -0.25) is 9.58 Å². The minimum Gasteiger partial charge on any atom is -0.376 e. The quantitative estimate of drug-likeness (QED) is 0.856. The number of aryl methyl sites for hydroxylation is 2. The zero-order valence-corrected chi connectivity index (χ0v) is 12.3. The van der Waals surface area contributed by atoms with E-state index < -0.39 is 0 Å². The minimum atomic E-state index is 0.386. The lowest BCUT2D eigenvalue weighted by Crippen LogP contribution is -2.41. The van der Waals surface area contributed by atoms with Crippen molar-refractivity contribution in [2.24, 2.45) is 7.05 Å². The van der Waals surface area contributed by atoms with Crippen LogP contribution in [-0.4, -0.2) is 40.5 Å². The Morgan fingerprint density at radius 2 is 2.29 bits per heavy atom. The summed E-state index contributed by atoms with van der Waals surface area (Å²) < 4.78 is 8.79. The average molecular weight is 302 g/mol. The minimum absolute atomic E-state index is 0.386. The van der Waals surface area contributed by atoms with E-state index in [0.29, 0.717) is 6.10 Å². The van der Waals surface area contributed by atoms with Gasteiger partial charge in [-0.1, -0.05) is 6.92 Å². The molecule has 2 rings (SSSR count). The van der Waals surface area contributed by atoms with E-state index in [9.17, 15) is 0 Å². The Labute approximate surface area is 111 Å². The fourth-order valence-corrected chi connectivity index (χ4v) is 2.70. The molecule has 1 fully saturated rings. The predicted molar refractivity (Wildman–Crippen MR) is 71.0 cm³/mol. The topological polar surface area (TPSA) is 30.3 Å². The molecule has 5 heteroatoms. The molecular weight excluding hydrogens is 282 g/mol. The lowest BCUT2D eigenvalue weighted by Gasteiger charge is -2.32. The standard InChI is InChI=1S/C12H20BrN3O/c1-4-10-7-16(5-6-17-10)8-11-12(13)9(2)14-15(11)3/h10H,4-8H2,1-3H3. The van der Waals surface area contributed by atoms with Gasteiger partial charge in [-0.15, -0.1) is 0 Å². The Balaban J connectivity index is 2.05. The molecule has 0 aromatic carbocycles. The normalized spacial score (nSPS) is 22.0. The van der Waals surface area contributed by atoms with Crippen molar-refractivity contribution < 1.29 is 4.74 Å². The summed E-state index contributed by atoms with van der Waals surface area (Å²) in [7, 11) is 2.00. The molecule has 0 spiro atoms. The van der Waals surface area contributed by atoms with E-state index in [1.807, 2.05) is 18.7 Å². The van der Waals surface area contributed by atoms with Crippen LogP contribution in [0.4, 0.5) is 0 Å². The van der Waals surface area contributed by atoms with Crippen molar-refractivity contribution >= 4 is 15.9 Å². The maximum atomic E-state index is 5.68. The first-order chi connectivity index (χ1) is 8.11. The SMILES string of the molecule is CCC1CN(Cc2c(Br)c(C)nn2C)CCO1. The molecular formula is C12H20BrN3O. The number of nitrogens with zero attached hydrogens (tertiary/aromatic N) is 3. The number of morpholine rings is 1. The summed E-state index contributed by atoms with van der Waals surface area (Å²) in [4.78, 5) is 2.44. The summed E-state index contributed by atoms with van der Waals surface area (Å²) >= 11 is 3.62. The van der Waals surface area contributed by atoms with E-state index in [1.165, 1.54) is 5.69 Å². The maximum absolute atomic E-state index is 5.68. The third-order valence-electron chi connectivity index (χ3n) is 3.31. The van der Waals surface area contributed by atoms with E-state index in [0.717, 1.165) is 42.8 Å². The van der Waals surface area contributed by atoms with Gasteiger partial charge in [0.1, 0.15) is 0 Å². The molecule has 1 aromatic rings. The first-order valence-electron chi connectivity index (χ1n) is 6.13. The van der Waals surface area contributed by atoms with Crippen LogP contribution in [0.15, 0.2) is 4.47 Å². The second kappa shape index (κ2) is 5.50. The van der Waals surface area contributed by atoms with Crippen LogP contribution < -0.4 is 0 Å². The van der Waals surface area contributed by atoms with Crippen LogP contribution in [0, 0.1) is 6.92 Å². The van der Waals surface area contributed by atoms with Gasteiger partial charge in [0, 0.05) is 26.7 Å². The predicted octanol–water partition coefficient (Wildman–Crippen LogP) is 2.10. The van der Waals surface area contributed by atoms with Crippen molar-refractivity contribution in [1.82, 2.24) is 14.7 Å². The lowest BCUT2D eigenvalue weighted by atomic mass is 10.2. The molecule has 1 saturated heterocycles. The van der Waals surface area contributed by atoms with Gasteiger partial charge in [0.15, 0.2) is 0 Å². The largest absolute Gasteiger partial charge is 0.376 e. The smallest absolute Gasteiger partial charge is 0.0739 e. The fraction of sp³-hybridized carbons (Fsp3) is 0.750. The van der Waals surface area contributed by atoms with Crippen molar-refractivity contribution in [1.29, 1.82) is 0 Å². The van der Waals surface area contributed by atoms with E-state index >= 15 is 0 Å². The van der Waals surface area contributed by atoms with Crippen LogP contribution in [0.5, 0.6) is 0 Å². The van der Waals surface area contributed by atoms with Gasteiger partial charge < -0.3 is 4.74 Å². The fourth-order valence-electron chi connectivity index (χ4n) is 2.23. The van der Waals surface area contributed by atoms with Crippen LogP contribution in [0.2, 0.25) is 0 Å². The Bertz CT molecular complexity index is 391. The molecule has 0 radical (unpaired) electrons. The van der Waals surface area contributed by atoms with Gasteiger partial charge in [-0.2, -0.15) is 5.10 Å². The number of hydrogen-bond acceptors (Lipinski definition) is 3. The monoisotopic (exact) mass is 301 g/mol. The van der Waals surface area contributed by atoms with Gasteiger partial charge in [0.2, 0.25) is 0 Å². The summed E-state index contributed by atoms with van der Waals surface area (Å²) in [5.74, 6) is 0. The Morgan fingerprint density at radius 1 is 1.53 bits per heavy atom. The summed E-state index contributed by atoms with van der Waals surface area (Å²) in [6.45, 7) is 8.02. The van der Waals surface area contributed by atoms with Gasteiger partial charge in [-0.05, 0) is 29.3 Å². The third kappa shape index (κ3) is 2.89. The van der Waals surface area contributed by atoms with Crippen molar-refractivity contribution in [3.8, 4) is 0 Å². The summed E-state index contributed by atoms with van der Waals surface area (Å²) in [5.41, 5.74) is 2.31. The zero-order valence-electron chi connectivity index (χ0n) is 10.7. The van der Waals surface area contributed by atoms with E-state index in [-0.39, 0.29) is 0 Å². The Hall–Kier alpha value is -0.390. The second-order valence-electron chi connectivity index (χ2n) is 4.61. The van der Waals surface area contributed by atoms with Crippen molar-refractivity contribution in [2.45, 2.75) is 32.9 Å². The van der Waals surface area contributed by atoms with Crippen molar-refractivity contribution in [3.63, 3.8) is 0 Å². The van der Waals surface area contributed by atoms with Crippen LogP contribution in [0.25, 0.3) is 0 Å². The molecule has 0 saturated carbocycles. The third-order valence-corrected chi connectivity index (χ3v) is 4.34. The van der Waals surface area contributed by atoms with E-state index in [4.69, 9.17) is 4.74 Å². The average Bonchev–Trinajstić information content (AvgIpc) is 2.56. The molecule has 17 heavy (non-hydrogen) atoms. The number of ether oxygens (including phenoxy) is 1. The maximum Gasteiger partial charge on any atom is 0.0739 e. The molecule has 96 valence electrons. The highest BCUT2D eigenvalue weighted by Crippen LogP contribution is 2.22. The Kier molecular flexibility index (Phi) is 4.22. The highest BCUT2D eigenvalue weighted by atomic mass is 79.9. The first-order valence-corrected chi connectivity index (χ1v) is 6.93. The molecule has 1 aromatic heterocycles. The molecule has 0 aliphatic carbocycles. The molecule has 2 heterocycles. The summed E-state index contributed by atoms with van der Waals surface area (Å²) in [6.07, 6.45) is 1.47. The molecule has 1 aliphatic heterocycles. The highest BCUT2D eigenvalue weighted by molar-refractivity contribution is 9.10. The highest BCUT2D eigenvalue weighted by Gasteiger charge is 2.21. The van der Waals surface area contributed by atoms with Crippen LogP contribution >= 0.6 is 15.9 Å². The van der Waals surface area contributed by atoms with Crippen LogP contribution in [-0.2, 0) is 18.3 Å². The molecule has 1 unspecified atom stereocenters. The molecule has 0 amide bonds. The molecule has 4 nitrogen and oxygen atoms in total. The van der Waals surface area contributed by atoms with Crippen LogP contribution in [0.3, 0.4) is 0 Å². The number of rotatable bonds is 3. The summed E-state index contributed by atoms with van der Waals surface area (Å²) in [6, 6.07) is 0. The number of halogens is 1. The molecule has 0 bridgehead atoms. The van der Waals surface area contributed by atoms with E-state index in [2.05, 4.69) is 32.9 Å². The Morgan fingerprint density at radius 3 is 2.88 bits per heavy atom. The van der Waals surface area contributed by atoms with Gasteiger partial charge in [0.25, 0.3) is 0 Å². The molecule has 1 aliphatic rings. The van der Waals surface area contributed by atoms with Crippen molar-refractivity contribution in [3.05, 3.63) is 15.9 Å². The molecule has 1 atom stereocenters. The number of aromatic nitrogens is 2. The van der Waals surface area contributed by atoms with E-state index in [1.54, 1.807) is 0 Å².